The molecular weight excluding hydrogens is 363 g/mol. The fraction of sp³-hybridized carbons (Fsp3) is 0.312. The highest BCUT2D eigenvalue weighted by molar-refractivity contribution is 7.88. The predicted octanol–water partition coefficient (Wildman–Crippen LogP) is 1.20. The molecule has 1 fully saturated rings. The first kappa shape index (κ1) is 18.2. The average Bonchev–Trinajstić information content (AvgIpc) is 2.51. The number of hydrogen-bond donors (Lipinski definition) is 1. The van der Waals surface area contributed by atoms with E-state index in [-0.39, 0.29) is 30.7 Å². The van der Waals surface area contributed by atoms with Crippen LogP contribution in [0.4, 0.5) is 10.2 Å². The Balaban J connectivity index is 1.67. The van der Waals surface area contributed by atoms with Crippen molar-refractivity contribution in [1.82, 2.24) is 14.3 Å². The van der Waals surface area contributed by atoms with Crippen molar-refractivity contribution in [3.63, 3.8) is 0 Å². The van der Waals surface area contributed by atoms with Crippen LogP contribution in [0.15, 0.2) is 30.5 Å². The van der Waals surface area contributed by atoms with Crippen molar-refractivity contribution in [2.75, 3.05) is 24.7 Å². The highest BCUT2D eigenvalue weighted by atomic mass is 32.2. The van der Waals surface area contributed by atoms with Gasteiger partial charge in [-0.15, -0.1) is 0 Å². The van der Waals surface area contributed by atoms with E-state index in [0.29, 0.717) is 11.4 Å². The molecule has 1 N–H and O–H groups in total. The van der Waals surface area contributed by atoms with Crippen molar-refractivity contribution >= 4 is 21.7 Å². The van der Waals surface area contributed by atoms with Gasteiger partial charge in [-0.3, -0.25) is 4.79 Å². The summed E-state index contributed by atoms with van der Waals surface area (Å²) in [5.41, 5.74) is 0.685. The first-order valence-electron chi connectivity index (χ1n) is 7.74. The minimum Gasteiger partial charge on any atom is -0.488 e. The average molecular weight is 380 g/mol. The van der Waals surface area contributed by atoms with E-state index in [2.05, 4.69) is 15.3 Å². The number of aromatic nitrogens is 2. The van der Waals surface area contributed by atoms with Crippen LogP contribution in [0.2, 0.25) is 0 Å². The zero-order valence-corrected chi connectivity index (χ0v) is 15.0. The Kier molecular flexibility index (Phi) is 4.88. The third kappa shape index (κ3) is 4.33. The number of carbonyl (C=O) groups is 1. The number of halogens is 1. The van der Waals surface area contributed by atoms with Crippen LogP contribution < -0.4 is 10.1 Å². The molecule has 138 valence electrons. The number of nitrogens with one attached hydrogen (secondary N) is 1. The van der Waals surface area contributed by atoms with Crippen LogP contribution in [0.3, 0.4) is 0 Å². The zero-order valence-electron chi connectivity index (χ0n) is 14.1. The van der Waals surface area contributed by atoms with Gasteiger partial charge in [0.15, 0.2) is 0 Å². The molecule has 2 aromatic heterocycles. The first-order valence-corrected chi connectivity index (χ1v) is 9.59. The largest absolute Gasteiger partial charge is 0.488 e. The molecule has 1 saturated heterocycles. The summed E-state index contributed by atoms with van der Waals surface area (Å²) < 4.78 is 42.7. The summed E-state index contributed by atoms with van der Waals surface area (Å²) in [7, 11) is -3.22. The minimum absolute atomic E-state index is 0.116. The number of hydrogen-bond acceptors (Lipinski definition) is 6. The van der Waals surface area contributed by atoms with E-state index in [1.165, 1.54) is 22.5 Å². The van der Waals surface area contributed by atoms with Gasteiger partial charge in [0.25, 0.3) is 5.91 Å². The maximum Gasteiger partial charge on any atom is 0.275 e. The monoisotopic (exact) mass is 380 g/mol. The number of anilines is 1. The summed E-state index contributed by atoms with van der Waals surface area (Å²) in [6.07, 6.45) is 1.87. The van der Waals surface area contributed by atoms with E-state index in [9.17, 15) is 17.6 Å². The van der Waals surface area contributed by atoms with Crippen molar-refractivity contribution in [3.05, 3.63) is 47.7 Å². The van der Waals surface area contributed by atoms with Crippen LogP contribution >= 0.6 is 0 Å². The second-order valence-electron chi connectivity index (χ2n) is 5.97. The lowest BCUT2D eigenvalue weighted by Gasteiger charge is -2.36. The molecule has 0 unspecified atom stereocenters. The highest BCUT2D eigenvalue weighted by Gasteiger charge is 2.34. The summed E-state index contributed by atoms with van der Waals surface area (Å²) in [5, 5.41) is 2.53. The summed E-state index contributed by atoms with van der Waals surface area (Å²) >= 11 is 0. The third-order valence-electron chi connectivity index (χ3n) is 3.71. The lowest BCUT2D eigenvalue weighted by molar-refractivity contribution is 0.0763. The number of pyridine rings is 2. The van der Waals surface area contributed by atoms with Gasteiger partial charge < -0.3 is 10.1 Å². The molecule has 2 aromatic rings. The van der Waals surface area contributed by atoms with Crippen molar-refractivity contribution in [2.45, 2.75) is 13.0 Å². The molecule has 0 spiro atoms. The van der Waals surface area contributed by atoms with Crippen LogP contribution in [-0.4, -0.2) is 54.0 Å². The molecule has 0 aliphatic carbocycles. The second-order valence-corrected chi connectivity index (χ2v) is 7.95. The predicted molar refractivity (Wildman–Crippen MR) is 92.0 cm³/mol. The number of rotatable bonds is 5. The molecule has 26 heavy (non-hydrogen) atoms. The number of amides is 1. The molecule has 10 heteroatoms. The van der Waals surface area contributed by atoms with Crippen molar-refractivity contribution in [2.24, 2.45) is 0 Å². The number of sulfonamides is 1. The van der Waals surface area contributed by atoms with Gasteiger partial charge in [0.05, 0.1) is 25.5 Å². The zero-order chi connectivity index (χ0) is 18.9. The quantitative estimate of drug-likeness (QED) is 0.836. The fourth-order valence-corrected chi connectivity index (χ4v) is 3.26. The maximum atomic E-state index is 12.9. The maximum absolute atomic E-state index is 12.9. The molecule has 1 amide bonds. The third-order valence-corrected chi connectivity index (χ3v) is 4.95. The molecular formula is C16H17FN4O4S. The van der Waals surface area contributed by atoms with E-state index >= 15 is 0 Å². The van der Waals surface area contributed by atoms with E-state index in [1.54, 1.807) is 13.0 Å². The van der Waals surface area contributed by atoms with E-state index < -0.39 is 21.7 Å². The number of aryl methyl sites for hydroxylation is 1. The van der Waals surface area contributed by atoms with Gasteiger partial charge in [0.1, 0.15) is 29.2 Å². The number of nitrogens with zero attached hydrogens (tertiary/aromatic N) is 3. The Morgan fingerprint density at radius 1 is 1.35 bits per heavy atom. The molecule has 3 rings (SSSR count). The molecule has 0 aromatic carbocycles. The fourth-order valence-electron chi connectivity index (χ4n) is 2.39. The Labute approximate surface area is 150 Å². The smallest absolute Gasteiger partial charge is 0.275 e. The summed E-state index contributed by atoms with van der Waals surface area (Å²) in [4.78, 5) is 20.2. The Hall–Kier alpha value is -2.59. The van der Waals surface area contributed by atoms with E-state index in [1.807, 2.05) is 0 Å². The van der Waals surface area contributed by atoms with Gasteiger partial charge in [-0.2, -0.15) is 4.31 Å². The minimum atomic E-state index is -3.22. The molecule has 0 radical (unpaired) electrons. The molecule has 0 atom stereocenters. The molecule has 1 aliphatic heterocycles. The van der Waals surface area contributed by atoms with Gasteiger partial charge in [-0.05, 0) is 19.1 Å². The van der Waals surface area contributed by atoms with Crippen LogP contribution in [0.25, 0.3) is 0 Å². The normalized spacial score (nSPS) is 15.3. The van der Waals surface area contributed by atoms with E-state index in [0.717, 1.165) is 12.5 Å². The van der Waals surface area contributed by atoms with Crippen LogP contribution in [0.5, 0.6) is 5.75 Å². The lowest BCUT2D eigenvalue weighted by Crippen LogP contribution is -2.55. The topological polar surface area (TPSA) is 101 Å². The van der Waals surface area contributed by atoms with Gasteiger partial charge in [0.2, 0.25) is 10.0 Å². The van der Waals surface area contributed by atoms with E-state index in [4.69, 9.17) is 4.74 Å². The number of ether oxygens (including phenoxy) is 1. The van der Waals surface area contributed by atoms with Crippen LogP contribution in [0, 0.1) is 12.7 Å². The molecule has 0 saturated carbocycles. The summed E-state index contributed by atoms with van der Waals surface area (Å²) in [6.45, 7) is 2.24. The lowest BCUT2D eigenvalue weighted by atomic mass is 10.2. The standard InChI is InChI=1S/C16H17FN4O4S/c1-10-5-12(25-13-8-21(9-13)26(2,23)24)6-14(19-10)16(22)20-15-4-3-11(17)7-18-15/h3-7,13H,8-9H2,1-2H3,(H,18,20,22). The molecule has 3 heterocycles. The Bertz CT molecular complexity index is 928. The van der Waals surface area contributed by atoms with Crippen LogP contribution in [0.1, 0.15) is 16.2 Å². The SMILES string of the molecule is Cc1cc(OC2CN(S(C)(=O)=O)C2)cc(C(=O)Nc2ccc(F)cn2)n1. The Morgan fingerprint density at radius 3 is 2.69 bits per heavy atom. The molecule has 8 nitrogen and oxygen atoms in total. The van der Waals surface area contributed by atoms with Gasteiger partial charge in [-0.1, -0.05) is 0 Å². The van der Waals surface area contributed by atoms with Crippen molar-refractivity contribution < 1.29 is 22.3 Å². The summed E-state index contributed by atoms with van der Waals surface area (Å²) in [5.74, 6) is -0.391. The summed E-state index contributed by atoms with van der Waals surface area (Å²) in [6, 6.07) is 5.66. The van der Waals surface area contributed by atoms with Gasteiger partial charge >= 0.3 is 0 Å². The van der Waals surface area contributed by atoms with Crippen LogP contribution in [-0.2, 0) is 10.0 Å². The molecule has 1 aliphatic rings. The van der Waals surface area contributed by atoms with Gasteiger partial charge in [0, 0.05) is 17.8 Å². The first-order chi connectivity index (χ1) is 12.2. The molecule has 0 bridgehead atoms. The second kappa shape index (κ2) is 6.96. The van der Waals surface area contributed by atoms with Gasteiger partial charge in [-0.25, -0.2) is 22.8 Å². The van der Waals surface area contributed by atoms with Crippen molar-refractivity contribution in [3.8, 4) is 5.75 Å². The number of carbonyl (C=O) groups excluding carboxylic acids is 1. The Morgan fingerprint density at radius 2 is 2.08 bits per heavy atom. The van der Waals surface area contributed by atoms with Crippen molar-refractivity contribution in [1.29, 1.82) is 0 Å². The highest BCUT2D eigenvalue weighted by Crippen LogP contribution is 2.21.